The van der Waals surface area contributed by atoms with E-state index in [4.69, 9.17) is 9.97 Å². The highest BCUT2D eigenvalue weighted by atomic mass is 32.1. The molecule has 0 bridgehead atoms. The average Bonchev–Trinajstić information content (AvgIpc) is 0.941. The molecule has 20 rings (SSSR count). The molecule has 20 aromatic rings. The second-order valence-corrected chi connectivity index (χ2v) is 27.6. The minimum absolute atomic E-state index is 0.982. The molecule has 0 aliphatic carbocycles. The normalized spacial score (nSPS) is 11.7. The lowest BCUT2D eigenvalue weighted by Crippen LogP contribution is -1.93. The van der Waals surface area contributed by atoms with Gasteiger partial charge in [-0.1, -0.05) is 285 Å². The minimum atomic E-state index is 0.982. The fourth-order valence-electron chi connectivity index (χ4n) is 15.2. The summed E-state index contributed by atoms with van der Waals surface area (Å²) in [6.45, 7) is 0. The highest BCUT2D eigenvalue weighted by molar-refractivity contribution is 7.26. The van der Waals surface area contributed by atoms with Crippen molar-refractivity contribution in [2.45, 2.75) is 0 Å². The first-order chi connectivity index (χ1) is 48.6. The number of nitrogens with zero attached hydrogens (tertiary/aromatic N) is 2. The molecule has 0 unspecified atom stereocenters. The van der Waals surface area contributed by atoms with Crippen LogP contribution in [0.1, 0.15) is 0 Å². The Morgan fingerprint density at radius 1 is 0.184 bits per heavy atom. The number of rotatable bonds is 8. The maximum absolute atomic E-state index is 5.20. The second kappa shape index (κ2) is 23.9. The average molecular weight is 1280 g/mol. The van der Waals surface area contributed by atoms with E-state index in [0.717, 1.165) is 22.5 Å². The van der Waals surface area contributed by atoms with Gasteiger partial charge in [-0.3, -0.25) is 9.97 Å². The molecule has 4 aromatic heterocycles. The van der Waals surface area contributed by atoms with Crippen LogP contribution < -0.4 is 0 Å². The van der Waals surface area contributed by atoms with E-state index >= 15 is 0 Å². The maximum Gasteiger partial charge on any atom is 0.0714 e. The van der Waals surface area contributed by atoms with E-state index in [1.54, 1.807) is 0 Å². The fourth-order valence-corrected chi connectivity index (χ4v) is 17.4. The van der Waals surface area contributed by atoms with Gasteiger partial charge in [0.1, 0.15) is 0 Å². The van der Waals surface area contributed by atoms with E-state index in [9.17, 15) is 0 Å². The maximum atomic E-state index is 5.20. The summed E-state index contributed by atoms with van der Waals surface area (Å²) in [6, 6.07) is 123. The molecule has 16 aromatic carbocycles. The van der Waals surface area contributed by atoms with Crippen LogP contribution >= 0.6 is 22.7 Å². The number of pyridine rings is 2. The SMILES string of the molecule is c1ccc(-c2ccc(-c3c4ccccc4c(-c4ccc(-c5ccc6sc7cc8ccccc8cc7c6c5)cn4)c4ccccc34)cc2)cc1.c1ccc(-c2ccc(-c3c4ccccc4c(-c4ccc(-c5cccc6sc7cc8ccccc8cc7c56)cn4)c4ccccc34)cc2)cc1. The zero-order chi connectivity index (χ0) is 64.6. The molecule has 0 radical (unpaired) electrons. The molecule has 456 valence electrons. The van der Waals surface area contributed by atoms with Crippen LogP contribution in [0.25, 0.3) is 194 Å². The first kappa shape index (κ1) is 57.3. The fraction of sp³-hybridized carbons (Fsp3) is 0. The van der Waals surface area contributed by atoms with Crippen LogP contribution in [0.15, 0.2) is 352 Å². The Hall–Kier alpha value is -12.2. The quantitative estimate of drug-likeness (QED) is 0.142. The highest BCUT2D eigenvalue weighted by Gasteiger charge is 2.21. The van der Waals surface area contributed by atoms with E-state index in [1.807, 2.05) is 28.9 Å². The molecule has 0 fully saturated rings. The number of fused-ring (bicyclic) bond motifs is 12. The Kier molecular flexibility index (Phi) is 14.0. The Morgan fingerprint density at radius 2 is 0.531 bits per heavy atom. The Bertz CT molecular complexity index is 6370. The van der Waals surface area contributed by atoms with Gasteiger partial charge in [-0.15, -0.1) is 22.7 Å². The Labute approximate surface area is 574 Å². The van der Waals surface area contributed by atoms with E-state index in [0.29, 0.717) is 0 Å². The first-order valence-corrected chi connectivity index (χ1v) is 35.0. The predicted molar refractivity (Wildman–Crippen MR) is 423 cm³/mol. The topological polar surface area (TPSA) is 25.8 Å². The molecule has 0 atom stereocenters. The number of hydrogen-bond acceptors (Lipinski definition) is 4. The largest absolute Gasteiger partial charge is 0.256 e. The molecule has 98 heavy (non-hydrogen) atoms. The van der Waals surface area contributed by atoms with Gasteiger partial charge in [0.25, 0.3) is 0 Å². The minimum Gasteiger partial charge on any atom is -0.256 e. The van der Waals surface area contributed by atoms with E-state index in [-0.39, 0.29) is 0 Å². The lowest BCUT2D eigenvalue weighted by molar-refractivity contribution is 1.34. The van der Waals surface area contributed by atoms with Crippen LogP contribution in [0.4, 0.5) is 0 Å². The van der Waals surface area contributed by atoms with Gasteiger partial charge in [-0.2, -0.15) is 0 Å². The zero-order valence-corrected chi connectivity index (χ0v) is 54.8. The first-order valence-electron chi connectivity index (χ1n) is 33.4. The number of thiophene rings is 2. The van der Waals surface area contributed by atoms with Crippen molar-refractivity contribution >= 4 is 128 Å². The van der Waals surface area contributed by atoms with Gasteiger partial charge in [-0.05, 0) is 175 Å². The third kappa shape index (κ3) is 9.91. The van der Waals surface area contributed by atoms with E-state index < -0.39 is 0 Å². The molecule has 0 saturated carbocycles. The van der Waals surface area contributed by atoms with Gasteiger partial charge in [0.05, 0.1) is 11.4 Å². The summed E-state index contributed by atoms with van der Waals surface area (Å²) in [6.07, 6.45) is 4.11. The van der Waals surface area contributed by atoms with E-state index in [2.05, 4.69) is 346 Å². The summed E-state index contributed by atoms with van der Waals surface area (Å²) in [5.74, 6) is 0. The number of hydrogen-bond donors (Lipinski definition) is 0. The lowest BCUT2D eigenvalue weighted by Gasteiger charge is -2.17. The highest BCUT2D eigenvalue weighted by Crippen LogP contribution is 2.48. The molecule has 0 aliphatic rings. The molecule has 4 heteroatoms. The zero-order valence-electron chi connectivity index (χ0n) is 53.2. The van der Waals surface area contributed by atoms with Gasteiger partial charge in [0.15, 0.2) is 0 Å². The van der Waals surface area contributed by atoms with Crippen LogP contribution in [0.3, 0.4) is 0 Å². The number of benzene rings is 16. The summed E-state index contributed by atoms with van der Waals surface area (Å²) in [4.78, 5) is 10.3. The lowest BCUT2D eigenvalue weighted by atomic mass is 9.86. The van der Waals surface area contributed by atoms with Crippen molar-refractivity contribution < 1.29 is 0 Å². The van der Waals surface area contributed by atoms with Crippen molar-refractivity contribution in [2.75, 3.05) is 0 Å². The van der Waals surface area contributed by atoms with Gasteiger partial charge < -0.3 is 0 Å². The summed E-state index contributed by atoms with van der Waals surface area (Å²) < 4.78 is 5.26. The summed E-state index contributed by atoms with van der Waals surface area (Å²) in [5, 5.41) is 20.1. The van der Waals surface area contributed by atoms with Crippen LogP contribution in [0.2, 0.25) is 0 Å². The predicted octanol–water partition coefficient (Wildman–Crippen LogP) is 27.2. The molecule has 0 spiro atoms. The van der Waals surface area contributed by atoms with E-state index in [1.165, 1.54) is 172 Å². The second-order valence-electron chi connectivity index (χ2n) is 25.4. The van der Waals surface area contributed by atoms with Crippen molar-refractivity contribution in [1.82, 2.24) is 9.97 Å². The van der Waals surface area contributed by atoms with Gasteiger partial charge in [0, 0.05) is 75.0 Å². The molecule has 4 heterocycles. The number of aromatic nitrogens is 2. The molecule has 0 N–H and O–H groups in total. The van der Waals surface area contributed by atoms with Gasteiger partial charge >= 0.3 is 0 Å². The van der Waals surface area contributed by atoms with Crippen molar-refractivity contribution in [3.05, 3.63) is 352 Å². The van der Waals surface area contributed by atoms with Gasteiger partial charge in [-0.25, -0.2) is 0 Å². The smallest absolute Gasteiger partial charge is 0.0714 e. The third-order valence-electron chi connectivity index (χ3n) is 19.8. The molecule has 0 aliphatic heterocycles. The third-order valence-corrected chi connectivity index (χ3v) is 22.1. The molecule has 0 saturated heterocycles. The summed E-state index contributed by atoms with van der Waals surface area (Å²) in [5.41, 5.74) is 18.8. The Morgan fingerprint density at radius 3 is 0.990 bits per heavy atom. The van der Waals surface area contributed by atoms with Crippen LogP contribution in [0, 0.1) is 0 Å². The summed E-state index contributed by atoms with van der Waals surface area (Å²) >= 11 is 3.73. The monoisotopic (exact) mass is 1280 g/mol. The van der Waals surface area contributed by atoms with Crippen LogP contribution in [-0.2, 0) is 0 Å². The Balaban J connectivity index is 0.000000137. The standard InChI is InChI=1S/2C47H29NS/c1-2-11-30(12-3-1)31-21-23-32(24-22-31)45-37-15-6-8-17-39(37)46(40-18-9-7-16-38(40)45)42-26-25-35(29-48-42)36-19-10-20-43-47(36)41-27-33-13-4-5-14-34(33)28-44(41)49-43;1-2-10-30(11-3-1)31-18-20-32(21-19-31)46-37-14-6-8-16-39(37)47(40-17-9-7-15-38(40)46)43-24-22-36(29-48-43)35-23-25-44-41(27-35)42-26-33-12-4-5-13-34(33)28-45(42)49-44/h2*1-29H. The van der Waals surface area contributed by atoms with Crippen molar-refractivity contribution in [3.63, 3.8) is 0 Å². The van der Waals surface area contributed by atoms with Crippen LogP contribution in [-0.4, -0.2) is 9.97 Å². The van der Waals surface area contributed by atoms with Crippen molar-refractivity contribution in [2.24, 2.45) is 0 Å². The van der Waals surface area contributed by atoms with Gasteiger partial charge in [0.2, 0.25) is 0 Å². The summed E-state index contributed by atoms with van der Waals surface area (Å²) in [7, 11) is 0. The molecular formula is C94H58N2S2. The van der Waals surface area contributed by atoms with Crippen molar-refractivity contribution in [1.29, 1.82) is 0 Å². The van der Waals surface area contributed by atoms with Crippen LogP contribution in [0.5, 0.6) is 0 Å². The molecular weight excluding hydrogens is 1220 g/mol. The molecule has 2 nitrogen and oxygen atoms in total. The molecule has 0 amide bonds. The van der Waals surface area contributed by atoms with Crippen molar-refractivity contribution in [3.8, 4) is 89.3 Å².